The topological polar surface area (TPSA) is 40.1 Å². The Labute approximate surface area is 115 Å². The molecule has 2 nitrogen and oxygen atoms in total. The number of hydrogen-bond donors (Lipinski definition) is 1. The molecule has 0 amide bonds. The summed E-state index contributed by atoms with van der Waals surface area (Å²) in [6.07, 6.45) is 3.74. The summed E-state index contributed by atoms with van der Waals surface area (Å²) in [4.78, 5) is 0. The van der Waals surface area contributed by atoms with Crippen molar-refractivity contribution in [2.45, 2.75) is 6.17 Å². The SMILES string of the molecule is NC1C=Cc2ccccc2[N-]1.[K+]. The van der Waals surface area contributed by atoms with Crippen molar-refractivity contribution in [3.63, 3.8) is 0 Å². The summed E-state index contributed by atoms with van der Waals surface area (Å²) in [5, 5.41) is 4.24. The van der Waals surface area contributed by atoms with Gasteiger partial charge in [-0.1, -0.05) is 42.6 Å². The molecule has 3 heteroatoms. The van der Waals surface area contributed by atoms with Crippen LogP contribution in [-0.2, 0) is 0 Å². The van der Waals surface area contributed by atoms with Crippen LogP contribution >= 0.6 is 0 Å². The second kappa shape index (κ2) is 4.55. The fourth-order valence-corrected chi connectivity index (χ4v) is 1.15. The molecule has 1 atom stereocenters. The monoisotopic (exact) mass is 184 g/mol. The molecule has 1 heterocycles. The van der Waals surface area contributed by atoms with Crippen LogP contribution in [0.3, 0.4) is 0 Å². The third-order valence-electron chi connectivity index (χ3n) is 1.70. The number of nitrogens with two attached hydrogens (primary N) is 1. The average Bonchev–Trinajstić information content (AvgIpc) is 2.04. The molecule has 1 aliphatic heterocycles. The van der Waals surface area contributed by atoms with Gasteiger partial charge >= 0.3 is 51.4 Å². The number of para-hydroxylation sites is 1. The largest absolute Gasteiger partial charge is 1.00 e. The first-order chi connectivity index (χ1) is 5.36. The van der Waals surface area contributed by atoms with Crippen LogP contribution in [0.2, 0.25) is 0 Å². The number of fused-ring (bicyclic) bond motifs is 1. The summed E-state index contributed by atoms with van der Waals surface area (Å²) in [7, 11) is 0. The fraction of sp³-hybridized carbons (Fsp3) is 0.111. The molecule has 12 heavy (non-hydrogen) atoms. The molecule has 1 aromatic rings. The van der Waals surface area contributed by atoms with Gasteiger partial charge in [-0.3, -0.25) is 0 Å². The Morgan fingerprint density at radius 1 is 1.25 bits per heavy atom. The third kappa shape index (κ3) is 2.19. The fourth-order valence-electron chi connectivity index (χ4n) is 1.15. The van der Waals surface area contributed by atoms with Crippen LogP contribution in [0, 0.1) is 0 Å². The maximum Gasteiger partial charge on any atom is 1.00 e. The van der Waals surface area contributed by atoms with Crippen molar-refractivity contribution in [2.24, 2.45) is 5.73 Å². The van der Waals surface area contributed by atoms with Crippen LogP contribution in [0.5, 0.6) is 0 Å². The van der Waals surface area contributed by atoms with Gasteiger partial charge in [0.1, 0.15) is 0 Å². The Kier molecular flexibility index (Phi) is 3.96. The summed E-state index contributed by atoms with van der Waals surface area (Å²) in [6, 6.07) is 7.96. The van der Waals surface area contributed by atoms with E-state index in [4.69, 9.17) is 5.73 Å². The van der Waals surface area contributed by atoms with Crippen LogP contribution in [0.15, 0.2) is 30.3 Å². The first-order valence-electron chi connectivity index (χ1n) is 3.60. The van der Waals surface area contributed by atoms with Crippen molar-refractivity contribution in [3.8, 4) is 0 Å². The molecular weight excluding hydrogens is 175 g/mol. The summed E-state index contributed by atoms with van der Waals surface area (Å²) in [6.45, 7) is 0. The molecule has 0 saturated heterocycles. The van der Waals surface area contributed by atoms with Gasteiger partial charge in [0.15, 0.2) is 0 Å². The zero-order chi connectivity index (χ0) is 7.68. The van der Waals surface area contributed by atoms with Gasteiger partial charge in [0, 0.05) is 0 Å². The van der Waals surface area contributed by atoms with E-state index in [9.17, 15) is 0 Å². The van der Waals surface area contributed by atoms with E-state index in [1.807, 2.05) is 36.4 Å². The molecule has 1 unspecified atom stereocenters. The average molecular weight is 184 g/mol. The second-order valence-electron chi connectivity index (χ2n) is 2.54. The van der Waals surface area contributed by atoms with Crippen LogP contribution in [0.4, 0.5) is 5.69 Å². The molecule has 2 N–H and O–H groups in total. The summed E-state index contributed by atoms with van der Waals surface area (Å²) >= 11 is 0. The van der Waals surface area contributed by atoms with Gasteiger partial charge in [0.2, 0.25) is 0 Å². The Balaban J connectivity index is 0.000000720. The first kappa shape index (κ1) is 10.4. The van der Waals surface area contributed by atoms with E-state index in [1.54, 1.807) is 0 Å². The number of hydrogen-bond acceptors (Lipinski definition) is 1. The van der Waals surface area contributed by atoms with Crippen LogP contribution in [0.25, 0.3) is 11.4 Å². The normalized spacial score (nSPS) is 18.9. The van der Waals surface area contributed by atoms with Crippen molar-refractivity contribution in [1.82, 2.24) is 0 Å². The minimum absolute atomic E-state index is 0. The summed E-state index contributed by atoms with van der Waals surface area (Å²) < 4.78 is 0. The van der Waals surface area contributed by atoms with Gasteiger partial charge in [-0.15, -0.1) is 5.69 Å². The molecule has 0 radical (unpaired) electrons. The Hall–Kier alpha value is 0.356. The van der Waals surface area contributed by atoms with Gasteiger partial charge in [0.25, 0.3) is 0 Å². The van der Waals surface area contributed by atoms with Gasteiger partial charge in [-0.25, -0.2) is 0 Å². The first-order valence-corrected chi connectivity index (χ1v) is 3.60. The molecule has 0 fully saturated rings. The van der Waals surface area contributed by atoms with E-state index in [-0.39, 0.29) is 57.6 Å². The quantitative estimate of drug-likeness (QED) is 0.517. The second-order valence-corrected chi connectivity index (χ2v) is 2.54. The predicted octanol–water partition coefficient (Wildman–Crippen LogP) is -0.993. The summed E-state index contributed by atoms with van der Waals surface area (Å²) in [5.41, 5.74) is 7.73. The smallest absolute Gasteiger partial charge is 0.666 e. The predicted molar refractivity (Wildman–Crippen MR) is 46.5 cm³/mol. The molecule has 0 bridgehead atoms. The van der Waals surface area contributed by atoms with E-state index >= 15 is 0 Å². The van der Waals surface area contributed by atoms with Crippen molar-refractivity contribution < 1.29 is 51.4 Å². The number of rotatable bonds is 0. The van der Waals surface area contributed by atoms with Crippen LogP contribution < -0.4 is 57.1 Å². The van der Waals surface area contributed by atoms with Crippen molar-refractivity contribution in [3.05, 3.63) is 41.2 Å². The molecule has 56 valence electrons. The minimum atomic E-state index is -0.162. The van der Waals surface area contributed by atoms with Crippen LogP contribution in [-0.4, -0.2) is 6.17 Å². The van der Waals surface area contributed by atoms with E-state index in [2.05, 4.69) is 5.32 Å². The van der Waals surface area contributed by atoms with Gasteiger partial charge in [-0.05, 0) is 5.56 Å². The maximum absolute atomic E-state index is 5.60. The van der Waals surface area contributed by atoms with E-state index in [1.165, 1.54) is 0 Å². The zero-order valence-electron chi connectivity index (χ0n) is 7.07. The van der Waals surface area contributed by atoms with Crippen molar-refractivity contribution >= 4 is 11.8 Å². The minimum Gasteiger partial charge on any atom is -0.666 e. The Morgan fingerprint density at radius 2 is 2.00 bits per heavy atom. The standard InChI is InChI=1S/C9H9N2.K/c10-9-6-5-7-3-1-2-4-8(7)11-9;/h1-6,9H,10H2;/q-1;+1. The molecule has 0 saturated carbocycles. The zero-order valence-corrected chi connectivity index (χ0v) is 10.2. The molecule has 1 aliphatic rings. The Bertz CT molecular complexity index is 296. The van der Waals surface area contributed by atoms with E-state index in [0.29, 0.717) is 0 Å². The molecule has 2 rings (SSSR count). The van der Waals surface area contributed by atoms with Gasteiger partial charge in [0.05, 0.1) is 0 Å². The number of nitrogens with zero attached hydrogens (tertiary/aromatic N) is 1. The molecule has 0 aliphatic carbocycles. The van der Waals surface area contributed by atoms with E-state index in [0.717, 1.165) is 11.3 Å². The molecule has 0 aromatic heterocycles. The number of benzene rings is 1. The molecule has 0 spiro atoms. The van der Waals surface area contributed by atoms with E-state index < -0.39 is 0 Å². The summed E-state index contributed by atoms with van der Waals surface area (Å²) in [5.74, 6) is 0. The van der Waals surface area contributed by atoms with Crippen LogP contribution in [0.1, 0.15) is 5.56 Å². The maximum atomic E-state index is 5.60. The van der Waals surface area contributed by atoms with Gasteiger partial charge < -0.3 is 11.1 Å². The van der Waals surface area contributed by atoms with Gasteiger partial charge in [-0.2, -0.15) is 0 Å². The third-order valence-corrected chi connectivity index (χ3v) is 1.70. The van der Waals surface area contributed by atoms with Crippen molar-refractivity contribution in [1.29, 1.82) is 0 Å². The molecule has 1 aromatic carbocycles. The molecular formula is C9H9KN2. The Morgan fingerprint density at radius 3 is 2.83 bits per heavy atom. The van der Waals surface area contributed by atoms with Crippen molar-refractivity contribution in [2.75, 3.05) is 0 Å².